The minimum atomic E-state index is 0.444. The van der Waals surface area contributed by atoms with Gasteiger partial charge < -0.3 is 4.74 Å². The number of aryl methyl sites for hydroxylation is 2. The van der Waals surface area contributed by atoms with Crippen LogP contribution in [0.3, 0.4) is 0 Å². The summed E-state index contributed by atoms with van der Waals surface area (Å²) in [6.45, 7) is 3.85. The number of hydrogen-bond donors (Lipinski definition) is 0. The van der Waals surface area contributed by atoms with Crippen molar-refractivity contribution in [3.63, 3.8) is 0 Å². The second-order valence-electron chi connectivity index (χ2n) is 4.10. The smallest absolute Gasteiger partial charge is 0.219 e. The molecule has 0 aliphatic rings. The Kier molecular flexibility index (Phi) is 4.10. The molecular formula is C14H13Cl2NO. The van der Waals surface area contributed by atoms with Gasteiger partial charge in [0.15, 0.2) is 0 Å². The second-order valence-corrected chi connectivity index (χ2v) is 4.78. The lowest BCUT2D eigenvalue weighted by Gasteiger charge is -2.08. The van der Waals surface area contributed by atoms with E-state index in [1.54, 1.807) is 0 Å². The van der Waals surface area contributed by atoms with Gasteiger partial charge in [0, 0.05) is 22.7 Å². The van der Waals surface area contributed by atoms with Crippen LogP contribution in [0, 0.1) is 13.8 Å². The summed E-state index contributed by atoms with van der Waals surface area (Å²) in [6, 6.07) is 9.29. The molecule has 1 aromatic heterocycles. The number of nitrogens with zero attached hydrogens (tertiary/aromatic N) is 1. The molecule has 0 aliphatic heterocycles. The van der Waals surface area contributed by atoms with E-state index >= 15 is 0 Å². The summed E-state index contributed by atoms with van der Waals surface area (Å²) in [7, 11) is 0. The molecular weight excluding hydrogens is 269 g/mol. The first-order chi connectivity index (χ1) is 8.58. The third kappa shape index (κ3) is 3.15. The van der Waals surface area contributed by atoms with E-state index in [1.807, 2.05) is 44.2 Å². The lowest BCUT2D eigenvalue weighted by molar-refractivity contribution is 0.461. The summed E-state index contributed by atoms with van der Waals surface area (Å²) in [5.74, 6) is 1.71. The Morgan fingerprint density at radius 1 is 1.17 bits per heavy atom. The number of benzene rings is 1. The zero-order valence-corrected chi connectivity index (χ0v) is 11.7. The molecule has 0 amide bonds. The highest BCUT2D eigenvalue weighted by atomic mass is 35.5. The first-order valence-corrected chi connectivity index (χ1v) is 6.47. The third-order valence-corrected chi connectivity index (χ3v) is 3.23. The molecule has 0 radical (unpaired) electrons. The predicted molar refractivity (Wildman–Crippen MR) is 74.8 cm³/mol. The van der Waals surface area contributed by atoms with E-state index in [-0.39, 0.29) is 0 Å². The average molecular weight is 282 g/mol. The largest absolute Gasteiger partial charge is 0.439 e. The quantitative estimate of drug-likeness (QED) is 0.748. The molecule has 0 aliphatic carbocycles. The number of halogens is 2. The first kappa shape index (κ1) is 13.2. The minimum absolute atomic E-state index is 0.444. The molecule has 1 heterocycles. The minimum Gasteiger partial charge on any atom is -0.439 e. The molecule has 1 aromatic carbocycles. The Balaban J connectivity index is 2.27. The van der Waals surface area contributed by atoms with Crippen LogP contribution in [0.1, 0.15) is 16.8 Å². The number of alkyl halides is 1. The van der Waals surface area contributed by atoms with E-state index in [2.05, 4.69) is 4.98 Å². The molecule has 0 saturated carbocycles. The lowest BCUT2D eigenvalue weighted by atomic mass is 10.2. The van der Waals surface area contributed by atoms with Gasteiger partial charge in [-0.2, -0.15) is 0 Å². The van der Waals surface area contributed by atoms with Gasteiger partial charge in [-0.3, -0.25) is 0 Å². The normalized spacial score (nSPS) is 10.4. The van der Waals surface area contributed by atoms with Gasteiger partial charge in [0.05, 0.1) is 0 Å². The van der Waals surface area contributed by atoms with Crippen LogP contribution < -0.4 is 4.74 Å². The topological polar surface area (TPSA) is 22.1 Å². The highest BCUT2D eigenvalue weighted by molar-refractivity contribution is 6.31. The monoisotopic (exact) mass is 281 g/mol. The number of hydrogen-bond acceptors (Lipinski definition) is 2. The summed E-state index contributed by atoms with van der Waals surface area (Å²) >= 11 is 11.8. The van der Waals surface area contributed by atoms with Crippen LogP contribution in [-0.2, 0) is 5.88 Å². The fraction of sp³-hybridized carbons (Fsp3) is 0.214. The molecule has 2 nitrogen and oxygen atoms in total. The van der Waals surface area contributed by atoms with Crippen molar-refractivity contribution in [2.45, 2.75) is 19.7 Å². The number of rotatable bonds is 3. The Morgan fingerprint density at radius 3 is 2.61 bits per heavy atom. The van der Waals surface area contributed by atoms with Crippen molar-refractivity contribution in [3.05, 3.63) is 52.2 Å². The van der Waals surface area contributed by atoms with E-state index in [4.69, 9.17) is 27.9 Å². The molecule has 18 heavy (non-hydrogen) atoms. The van der Waals surface area contributed by atoms with E-state index in [9.17, 15) is 0 Å². The van der Waals surface area contributed by atoms with Gasteiger partial charge in [0.2, 0.25) is 5.88 Å². The lowest BCUT2D eigenvalue weighted by Crippen LogP contribution is -1.93. The fourth-order valence-electron chi connectivity index (χ4n) is 1.64. The molecule has 0 atom stereocenters. The maximum atomic E-state index is 5.97. The maximum Gasteiger partial charge on any atom is 0.219 e. The van der Waals surface area contributed by atoms with E-state index in [1.165, 1.54) is 0 Å². The molecule has 0 unspecified atom stereocenters. The van der Waals surface area contributed by atoms with Gasteiger partial charge in [0.25, 0.3) is 0 Å². The zero-order valence-electron chi connectivity index (χ0n) is 10.2. The van der Waals surface area contributed by atoms with Crippen LogP contribution in [0.25, 0.3) is 0 Å². The molecule has 0 spiro atoms. The zero-order chi connectivity index (χ0) is 13.1. The number of pyridine rings is 1. The first-order valence-electron chi connectivity index (χ1n) is 5.56. The van der Waals surface area contributed by atoms with Crippen LogP contribution in [-0.4, -0.2) is 4.98 Å². The van der Waals surface area contributed by atoms with E-state index < -0.39 is 0 Å². The Hall–Kier alpha value is -1.25. The summed E-state index contributed by atoms with van der Waals surface area (Å²) in [5.41, 5.74) is 2.85. The molecule has 2 rings (SSSR count). The Bertz CT molecular complexity index is 570. The molecule has 0 fully saturated rings. The van der Waals surface area contributed by atoms with Crippen molar-refractivity contribution in [1.82, 2.24) is 4.98 Å². The van der Waals surface area contributed by atoms with Gasteiger partial charge in [-0.1, -0.05) is 11.6 Å². The van der Waals surface area contributed by atoms with E-state index in [0.29, 0.717) is 11.8 Å². The highest BCUT2D eigenvalue weighted by Gasteiger charge is 2.04. The number of aromatic nitrogens is 1. The number of ether oxygens (including phenoxy) is 1. The van der Waals surface area contributed by atoms with Crippen LogP contribution in [0.5, 0.6) is 11.6 Å². The van der Waals surface area contributed by atoms with Crippen molar-refractivity contribution in [3.8, 4) is 11.6 Å². The summed E-state index contributed by atoms with van der Waals surface area (Å²) in [6.07, 6.45) is 0. The summed E-state index contributed by atoms with van der Waals surface area (Å²) in [4.78, 5) is 4.32. The SMILES string of the molecule is Cc1cc(CCl)cc(Oc2ccc(Cl)c(C)c2)n1. The van der Waals surface area contributed by atoms with Gasteiger partial charge in [0.1, 0.15) is 5.75 Å². The molecule has 0 saturated heterocycles. The summed E-state index contributed by atoms with van der Waals surface area (Å²) < 4.78 is 5.71. The highest BCUT2D eigenvalue weighted by Crippen LogP contribution is 2.25. The molecule has 2 aromatic rings. The van der Waals surface area contributed by atoms with Crippen molar-refractivity contribution >= 4 is 23.2 Å². The van der Waals surface area contributed by atoms with Gasteiger partial charge in [-0.05, 0) is 49.2 Å². The molecule has 94 valence electrons. The predicted octanol–water partition coefficient (Wildman–Crippen LogP) is 4.88. The Morgan fingerprint density at radius 2 is 1.94 bits per heavy atom. The van der Waals surface area contributed by atoms with E-state index in [0.717, 1.165) is 27.6 Å². The second kappa shape index (κ2) is 5.59. The molecule has 0 N–H and O–H groups in total. The third-order valence-electron chi connectivity index (χ3n) is 2.50. The maximum absolute atomic E-state index is 5.97. The standard InChI is InChI=1S/C14H13Cl2NO/c1-9-5-12(3-4-13(9)16)18-14-7-11(8-15)6-10(2)17-14/h3-7H,8H2,1-2H3. The van der Waals surface area contributed by atoms with Gasteiger partial charge >= 0.3 is 0 Å². The van der Waals surface area contributed by atoms with Crippen molar-refractivity contribution in [2.24, 2.45) is 0 Å². The van der Waals surface area contributed by atoms with Crippen molar-refractivity contribution in [2.75, 3.05) is 0 Å². The average Bonchev–Trinajstić information content (AvgIpc) is 2.33. The fourth-order valence-corrected chi connectivity index (χ4v) is 1.91. The van der Waals surface area contributed by atoms with Crippen molar-refractivity contribution < 1.29 is 4.74 Å². The summed E-state index contributed by atoms with van der Waals surface area (Å²) in [5, 5.41) is 0.723. The van der Waals surface area contributed by atoms with Gasteiger partial charge in [-0.15, -0.1) is 11.6 Å². The van der Waals surface area contributed by atoms with Gasteiger partial charge in [-0.25, -0.2) is 4.98 Å². The van der Waals surface area contributed by atoms with Crippen LogP contribution in [0.15, 0.2) is 30.3 Å². The van der Waals surface area contributed by atoms with Crippen LogP contribution in [0.4, 0.5) is 0 Å². The van der Waals surface area contributed by atoms with Crippen LogP contribution in [0.2, 0.25) is 5.02 Å². The van der Waals surface area contributed by atoms with Crippen LogP contribution >= 0.6 is 23.2 Å². The molecule has 0 bridgehead atoms. The molecule has 4 heteroatoms. The van der Waals surface area contributed by atoms with Crippen molar-refractivity contribution in [1.29, 1.82) is 0 Å². The Labute approximate surface area is 117 Å².